The van der Waals surface area contributed by atoms with Crippen LogP contribution in [0.2, 0.25) is 0 Å². The fourth-order valence-electron chi connectivity index (χ4n) is 0. The molecule has 0 spiro atoms. The van der Waals surface area contributed by atoms with Crippen LogP contribution in [0.4, 0.5) is 0 Å². The quantitative estimate of drug-likeness (QED) is 0.515. The molecule has 1 radical (unpaired) electrons. The SMILES string of the molecule is [C-]#N.[CH2-]CCC.[CH2-]CCC.[Cu].[Li][Li]. The van der Waals surface area contributed by atoms with Crippen molar-refractivity contribution >= 4 is 30.8 Å². The second kappa shape index (κ2) is 72.6. The van der Waals surface area contributed by atoms with E-state index in [1.807, 2.05) is 30.8 Å². The first-order valence-corrected chi connectivity index (χ1v) is 4.64. The summed E-state index contributed by atoms with van der Waals surface area (Å²) in [6.45, 7) is 16.2. The third-order valence-electron chi connectivity index (χ3n) is 0.707. The summed E-state index contributed by atoms with van der Waals surface area (Å²) in [5.74, 6) is 0. The standard InChI is InChI=1S/2C4H9.CN.Cu.2Li/c2*1-3-4-2;1-2;;;/h2*1,3-4H2,2H3;;;;/q3*-1;;;. The first-order chi connectivity index (χ1) is 5.83. The Balaban J connectivity index is -0.0000000226. The molecule has 0 fully saturated rings. The van der Waals surface area contributed by atoms with E-state index in [1.165, 1.54) is 12.8 Å². The Hall–Kier alpha value is 1.20. The summed E-state index contributed by atoms with van der Waals surface area (Å²) >= 11 is 4.00. The second-order valence-electron chi connectivity index (χ2n) is 1.71. The van der Waals surface area contributed by atoms with E-state index in [9.17, 15) is 0 Å². The van der Waals surface area contributed by atoms with Crippen LogP contribution in [0.1, 0.15) is 39.5 Å². The second-order valence-corrected chi connectivity index (χ2v) is 1.71. The summed E-state index contributed by atoms with van der Waals surface area (Å²) in [5, 5.41) is 6.25. The molecule has 0 aromatic heterocycles. The summed E-state index contributed by atoms with van der Waals surface area (Å²) in [5.41, 5.74) is 0. The molecule has 0 heterocycles. The van der Waals surface area contributed by atoms with Gasteiger partial charge < -0.3 is 25.7 Å². The molecule has 0 rings (SSSR count). The van der Waals surface area contributed by atoms with Gasteiger partial charge in [-0.05, 0) is 0 Å². The third-order valence-corrected chi connectivity index (χ3v) is 0.707. The number of unbranched alkanes of at least 4 members (excludes halogenated alkanes) is 2. The average Bonchev–Trinajstić information content (AvgIpc) is 2.23. The van der Waals surface area contributed by atoms with Gasteiger partial charge in [-0.25, -0.2) is 0 Å². The van der Waals surface area contributed by atoms with Crippen molar-refractivity contribution in [1.29, 1.82) is 5.26 Å². The van der Waals surface area contributed by atoms with Gasteiger partial charge in [0, 0.05) is 17.1 Å². The molecule has 0 unspecified atom stereocenters. The maximum atomic E-state index is 6.25. The van der Waals surface area contributed by atoms with Crippen LogP contribution in [0.25, 0.3) is 0 Å². The van der Waals surface area contributed by atoms with Gasteiger partial charge in [-0.1, -0.05) is 26.7 Å². The van der Waals surface area contributed by atoms with Crippen molar-refractivity contribution in [3.63, 3.8) is 0 Å². The fraction of sp³-hybridized carbons (Fsp3) is 0.667. The summed E-state index contributed by atoms with van der Waals surface area (Å²) in [6, 6.07) is 0. The van der Waals surface area contributed by atoms with Gasteiger partial charge in [-0.3, -0.25) is 0 Å². The molecule has 0 aromatic rings. The van der Waals surface area contributed by atoms with Crippen molar-refractivity contribution in [1.82, 2.24) is 0 Å². The number of rotatable bonds is 2. The van der Waals surface area contributed by atoms with Gasteiger partial charge in [0.15, 0.2) is 0 Å². The van der Waals surface area contributed by atoms with Gasteiger partial charge in [-0.2, -0.15) is 12.8 Å². The van der Waals surface area contributed by atoms with E-state index < -0.39 is 0 Å². The molecule has 0 saturated heterocycles. The monoisotopic (exact) mass is 217 g/mol. The van der Waals surface area contributed by atoms with E-state index >= 15 is 0 Å². The van der Waals surface area contributed by atoms with E-state index in [4.69, 9.17) is 11.8 Å². The van der Waals surface area contributed by atoms with Crippen LogP contribution in [0.3, 0.4) is 0 Å². The van der Waals surface area contributed by atoms with Crippen molar-refractivity contribution in [3.8, 4) is 0 Å². The van der Waals surface area contributed by atoms with Crippen LogP contribution in [0, 0.1) is 25.7 Å². The summed E-state index contributed by atoms with van der Waals surface area (Å²) in [6.07, 6.45) is 4.56. The molecule has 13 heavy (non-hydrogen) atoms. The summed E-state index contributed by atoms with van der Waals surface area (Å²) < 4.78 is 0. The molecule has 0 saturated carbocycles. The van der Waals surface area contributed by atoms with E-state index in [0.29, 0.717) is 0 Å². The Labute approximate surface area is 112 Å². The van der Waals surface area contributed by atoms with Gasteiger partial charge in [0.05, 0.1) is 0 Å². The van der Waals surface area contributed by atoms with Crippen LogP contribution < -0.4 is 0 Å². The molecule has 0 N–H and O–H groups in total. The number of hydrogen-bond donors (Lipinski definition) is 0. The zero-order chi connectivity index (χ0) is 10.8. The van der Waals surface area contributed by atoms with Crippen molar-refractivity contribution in [2.24, 2.45) is 0 Å². The van der Waals surface area contributed by atoms with E-state index in [1.54, 1.807) is 0 Å². The summed E-state index contributed by atoms with van der Waals surface area (Å²) in [7, 11) is 0. The van der Waals surface area contributed by atoms with Crippen LogP contribution >= 0.6 is 0 Å². The van der Waals surface area contributed by atoms with Gasteiger partial charge in [-0.15, -0.1) is 0 Å². The molecule has 0 atom stereocenters. The Morgan fingerprint density at radius 2 is 1.08 bits per heavy atom. The van der Waals surface area contributed by atoms with Crippen molar-refractivity contribution < 1.29 is 17.1 Å². The van der Waals surface area contributed by atoms with Crippen molar-refractivity contribution in [2.75, 3.05) is 0 Å². The van der Waals surface area contributed by atoms with Crippen molar-refractivity contribution in [3.05, 3.63) is 20.4 Å². The molecule has 0 aromatic carbocycles. The van der Waals surface area contributed by atoms with Crippen LogP contribution in [0.15, 0.2) is 0 Å². The number of nitrogens with zero attached hydrogens (tertiary/aromatic N) is 1. The Morgan fingerprint density at radius 3 is 1.08 bits per heavy atom. The molecule has 0 aliphatic carbocycles. The normalized spacial score (nSPS) is 5.38. The predicted molar refractivity (Wildman–Crippen MR) is 57.0 cm³/mol. The Bertz CT molecular complexity index is 44.1. The maximum absolute atomic E-state index is 6.25. The Kier molecular flexibility index (Phi) is 163. The minimum atomic E-state index is 0. The van der Waals surface area contributed by atoms with Crippen LogP contribution in [-0.2, 0) is 17.1 Å². The van der Waals surface area contributed by atoms with Gasteiger partial charge >= 0.3 is 30.8 Å². The Morgan fingerprint density at radius 1 is 1.00 bits per heavy atom. The van der Waals surface area contributed by atoms with E-state index in [-0.39, 0.29) is 17.1 Å². The molecule has 0 aliphatic heterocycles. The average molecular weight is 218 g/mol. The molecule has 0 amide bonds. The number of hydrogen-bond acceptors (Lipinski definition) is 1. The van der Waals surface area contributed by atoms with Gasteiger partial charge in [0.25, 0.3) is 0 Å². The molecule has 0 aliphatic rings. The van der Waals surface area contributed by atoms with Crippen molar-refractivity contribution in [2.45, 2.75) is 39.5 Å². The topological polar surface area (TPSA) is 23.8 Å². The van der Waals surface area contributed by atoms with Gasteiger partial charge in [0.2, 0.25) is 0 Å². The molecular weight excluding hydrogens is 200 g/mol. The fourth-order valence-corrected chi connectivity index (χ4v) is 0. The molecule has 75 valence electrons. The molecule has 4 heteroatoms. The zero-order valence-corrected chi connectivity index (χ0v) is 10.4. The molecule has 0 bridgehead atoms. The van der Waals surface area contributed by atoms with Crippen LogP contribution in [0.5, 0.6) is 0 Å². The van der Waals surface area contributed by atoms with Gasteiger partial charge in [0.1, 0.15) is 0 Å². The van der Waals surface area contributed by atoms with Crippen LogP contribution in [-0.4, -0.2) is 30.8 Å². The van der Waals surface area contributed by atoms with E-state index in [0.717, 1.165) is 12.8 Å². The summed E-state index contributed by atoms with van der Waals surface area (Å²) in [4.78, 5) is 0. The predicted octanol–water partition coefficient (Wildman–Crippen LogP) is 2.57. The van der Waals surface area contributed by atoms with E-state index in [2.05, 4.69) is 27.7 Å². The third kappa shape index (κ3) is 161. The first-order valence-electron chi connectivity index (χ1n) is 4.64. The minimum absolute atomic E-state index is 0. The molecular formula is C9H18CuLi2N-3. The first kappa shape index (κ1) is 29.2. The zero-order valence-electron chi connectivity index (χ0n) is 9.49. The molecule has 1 nitrogen and oxygen atoms in total.